The second-order valence-electron chi connectivity index (χ2n) is 5.93. The Morgan fingerprint density at radius 2 is 1.90 bits per heavy atom. The van der Waals surface area contributed by atoms with Crippen LogP contribution in [0.15, 0.2) is 29.2 Å². The monoisotopic (exact) mass is 296 g/mol. The van der Waals surface area contributed by atoms with Crippen molar-refractivity contribution in [2.75, 3.05) is 19.8 Å². The zero-order valence-electron chi connectivity index (χ0n) is 11.7. The third-order valence-electron chi connectivity index (χ3n) is 4.58. The lowest BCUT2D eigenvalue weighted by atomic mass is 9.94. The van der Waals surface area contributed by atoms with E-state index in [-0.39, 0.29) is 4.90 Å². The van der Waals surface area contributed by atoms with E-state index in [4.69, 9.17) is 8.92 Å². The molecule has 1 aromatic rings. The molecule has 0 bridgehead atoms. The molecule has 0 radical (unpaired) electrons. The molecule has 1 saturated carbocycles. The lowest BCUT2D eigenvalue weighted by Crippen LogP contribution is -2.20. The molecule has 1 spiro atoms. The third kappa shape index (κ3) is 2.75. The summed E-state index contributed by atoms with van der Waals surface area (Å²) < 4.78 is 34.8. The highest BCUT2D eigenvalue weighted by Gasteiger charge is 2.54. The standard InChI is InChI=1S/C15H20O4S/c1-12-2-4-14(5-3-12)20(16,17)19-11-13-10-15(13)6-8-18-9-7-15/h2-5,13H,6-11H2,1H3. The van der Waals surface area contributed by atoms with Crippen LogP contribution in [0.2, 0.25) is 0 Å². The van der Waals surface area contributed by atoms with Crippen LogP contribution in [0.1, 0.15) is 24.8 Å². The van der Waals surface area contributed by atoms with Crippen LogP contribution in [0.25, 0.3) is 0 Å². The van der Waals surface area contributed by atoms with E-state index in [2.05, 4.69) is 0 Å². The van der Waals surface area contributed by atoms with E-state index in [1.54, 1.807) is 24.3 Å². The van der Waals surface area contributed by atoms with Crippen molar-refractivity contribution in [1.29, 1.82) is 0 Å². The Kier molecular flexibility index (Phi) is 3.60. The molecule has 0 aromatic heterocycles. The molecule has 2 aliphatic rings. The van der Waals surface area contributed by atoms with Crippen molar-refractivity contribution in [3.63, 3.8) is 0 Å². The van der Waals surface area contributed by atoms with Gasteiger partial charge in [-0.05, 0) is 49.7 Å². The summed E-state index contributed by atoms with van der Waals surface area (Å²) in [5.74, 6) is 0.367. The van der Waals surface area contributed by atoms with E-state index < -0.39 is 10.1 Å². The number of hydrogen-bond donors (Lipinski definition) is 0. The maximum atomic E-state index is 12.1. The first kappa shape index (κ1) is 14.0. The fraction of sp³-hybridized carbons (Fsp3) is 0.600. The molecule has 2 fully saturated rings. The Morgan fingerprint density at radius 1 is 1.25 bits per heavy atom. The summed E-state index contributed by atoms with van der Waals surface area (Å²) in [6, 6.07) is 6.77. The molecule has 3 rings (SSSR count). The Bertz CT molecular complexity index is 570. The van der Waals surface area contributed by atoms with Crippen molar-refractivity contribution in [3.8, 4) is 0 Å². The molecule has 1 unspecified atom stereocenters. The van der Waals surface area contributed by atoms with Gasteiger partial charge in [-0.25, -0.2) is 0 Å². The molecule has 1 aliphatic carbocycles. The summed E-state index contributed by atoms with van der Waals surface area (Å²) in [5, 5.41) is 0. The maximum absolute atomic E-state index is 12.1. The normalized spacial score (nSPS) is 24.8. The Morgan fingerprint density at radius 3 is 2.55 bits per heavy atom. The van der Waals surface area contributed by atoms with Crippen molar-refractivity contribution in [3.05, 3.63) is 29.8 Å². The SMILES string of the molecule is Cc1ccc(S(=O)(=O)OCC2CC23CCOCC3)cc1. The van der Waals surface area contributed by atoms with Crippen LogP contribution >= 0.6 is 0 Å². The van der Waals surface area contributed by atoms with Gasteiger partial charge in [0.2, 0.25) is 0 Å². The van der Waals surface area contributed by atoms with Crippen molar-refractivity contribution in [2.24, 2.45) is 11.3 Å². The van der Waals surface area contributed by atoms with E-state index in [1.165, 1.54) is 0 Å². The van der Waals surface area contributed by atoms with Gasteiger partial charge < -0.3 is 4.74 Å². The van der Waals surface area contributed by atoms with E-state index >= 15 is 0 Å². The van der Waals surface area contributed by atoms with Gasteiger partial charge in [0.25, 0.3) is 10.1 Å². The Balaban J connectivity index is 1.59. The molecule has 0 N–H and O–H groups in total. The van der Waals surface area contributed by atoms with Crippen LogP contribution in [0, 0.1) is 18.3 Å². The molecule has 1 heterocycles. The van der Waals surface area contributed by atoms with Crippen molar-refractivity contribution in [1.82, 2.24) is 0 Å². The van der Waals surface area contributed by atoms with E-state index in [1.807, 2.05) is 6.92 Å². The minimum atomic E-state index is -3.62. The summed E-state index contributed by atoms with van der Waals surface area (Å²) in [7, 11) is -3.62. The second kappa shape index (κ2) is 5.13. The average Bonchev–Trinajstić information content (AvgIpc) is 3.10. The maximum Gasteiger partial charge on any atom is 0.296 e. The topological polar surface area (TPSA) is 52.6 Å². The predicted octanol–water partition coefficient (Wildman–Crippen LogP) is 2.52. The van der Waals surface area contributed by atoms with Crippen LogP contribution in [-0.2, 0) is 19.0 Å². The number of ether oxygens (including phenoxy) is 1. The van der Waals surface area contributed by atoms with Crippen LogP contribution in [-0.4, -0.2) is 28.2 Å². The average molecular weight is 296 g/mol. The van der Waals surface area contributed by atoms with Gasteiger partial charge in [0.05, 0.1) is 11.5 Å². The van der Waals surface area contributed by atoms with Crippen molar-refractivity contribution in [2.45, 2.75) is 31.1 Å². The number of hydrogen-bond acceptors (Lipinski definition) is 4. The van der Waals surface area contributed by atoms with Gasteiger partial charge in [-0.3, -0.25) is 4.18 Å². The summed E-state index contributed by atoms with van der Waals surface area (Å²) in [6.45, 7) is 3.81. The van der Waals surface area contributed by atoms with Gasteiger partial charge in [-0.1, -0.05) is 17.7 Å². The van der Waals surface area contributed by atoms with Crippen LogP contribution in [0.5, 0.6) is 0 Å². The van der Waals surface area contributed by atoms with Gasteiger partial charge in [0.1, 0.15) is 0 Å². The lowest BCUT2D eigenvalue weighted by Gasteiger charge is -2.22. The van der Waals surface area contributed by atoms with E-state index in [0.717, 1.165) is 38.0 Å². The molecular formula is C15H20O4S. The Labute approximate surface area is 120 Å². The number of benzene rings is 1. The van der Waals surface area contributed by atoms with Crippen LogP contribution in [0.3, 0.4) is 0 Å². The molecule has 0 amide bonds. The minimum absolute atomic E-state index is 0.241. The van der Waals surface area contributed by atoms with Crippen molar-refractivity contribution >= 4 is 10.1 Å². The summed E-state index contributed by atoms with van der Waals surface area (Å²) in [5.41, 5.74) is 1.33. The molecule has 4 nitrogen and oxygen atoms in total. The van der Waals surface area contributed by atoms with Gasteiger partial charge in [-0.15, -0.1) is 0 Å². The minimum Gasteiger partial charge on any atom is -0.381 e. The first-order chi connectivity index (χ1) is 9.52. The van der Waals surface area contributed by atoms with Crippen LogP contribution < -0.4 is 0 Å². The smallest absolute Gasteiger partial charge is 0.296 e. The predicted molar refractivity (Wildman–Crippen MR) is 74.9 cm³/mol. The number of aryl methyl sites for hydroxylation is 1. The van der Waals surface area contributed by atoms with Gasteiger partial charge >= 0.3 is 0 Å². The first-order valence-electron chi connectivity index (χ1n) is 7.06. The third-order valence-corrected chi connectivity index (χ3v) is 5.88. The zero-order chi connectivity index (χ0) is 14.2. The second-order valence-corrected chi connectivity index (χ2v) is 7.54. The summed E-state index contributed by atoms with van der Waals surface area (Å²) >= 11 is 0. The molecular weight excluding hydrogens is 276 g/mol. The lowest BCUT2D eigenvalue weighted by molar-refractivity contribution is 0.0489. The van der Waals surface area contributed by atoms with Crippen molar-refractivity contribution < 1.29 is 17.3 Å². The molecule has 110 valence electrons. The van der Waals surface area contributed by atoms with E-state index in [0.29, 0.717) is 17.9 Å². The highest BCUT2D eigenvalue weighted by molar-refractivity contribution is 7.86. The quantitative estimate of drug-likeness (QED) is 0.801. The molecule has 1 aliphatic heterocycles. The molecule has 1 saturated heterocycles. The zero-order valence-corrected chi connectivity index (χ0v) is 12.5. The molecule has 20 heavy (non-hydrogen) atoms. The summed E-state index contributed by atoms with van der Waals surface area (Å²) in [4.78, 5) is 0.241. The summed E-state index contributed by atoms with van der Waals surface area (Å²) in [6.07, 6.45) is 3.14. The highest BCUT2D eigenvalue weighted by Crippen LogP contribution is 2.59. The highest BCUT2D eigenvalue weighted by atomic mass is 32.2. The molecule has 5 heteroatoms. The van der Waals surface area contributed by atoms with Gasteiger partial charge in [-0.2, -0.15) is 8.42 Å². The molecule has 1 aromatic carbocycles. The van der Waals surface area contributed by atoms with Gasteiger partial charge in [0.15, 0.2) is 0 Å². The fourth-order valence-corrected chi connectivity index (χ4v) is 3.95. The van der Waals surface area contributed by atoms with E-state index in [9.17, 15) is 8.42 Å². The van der Waals surface area contributed by atoms with Gasteiger partial charge in [0, 0.05) is 13.2 Å². The van der Waals surface area contributed by atoms with Crippen LogP contribution in [0.4, 0.5) is 0 Å². The Hall–Kier alpha value is -0.910. The largest absolute Gasteiger partial charge is 0.381 e. The fourth-order valence-electron chi connectivity index (χ4n) is 3.00. The number of rotatable bonds is 4. The first-order valence-corrected chi connectivity index (χ1v) is 8.47. The molecule has 1 atom stereocenters.